The van der Waals surface area contributed by atoms with Crippen LogP contribution in [0.1, 0.15) is 18.4 Å². The van der Waals surface area contributed by atoms with Crippen LogP contribution >= 0.6 is 0 Å². The molecular formula is C14H17NO4. The third-order valence-electron chi connectivity index (χ3n) is 4.09. The molecule has 4 rings (SSSR count). The number of fused-ring (bicyclic) bond motifs is 3. The van der Waals surface area contributed by atoms with Gasteiger partial charge in [0.2, 0.25) is 6.79 Å². The van der Waals surface area contributed by atoms with Gasteiger partial charge in [-0.25, -0.2) is 0 Å². The molecule has 2 bridgehead atoms. The average molecular weight is 263 g/mol. The number of hydrogen-bond acceptors (Lipinski definition) is 5. The largest absolute Gasteiger partial charge is 0.507 e. The molecule has 2 fully saturated rings. The number of hydrogen-bond donors (Lipinski definition) is 1. The summed E-state index contributed by atoms with van der Waals surface area (Å²) in [6, 6.07) is 3.53. The van der Waals surface area contributed by atoms with Crippen molar-refractivity contribution in [2.75, 3.05) is 19.9 Å². The van der Waals surface area contributed by atoms with Crippen LogP contribution in [0.15, 0.2) is 12.1 Å². The van der Waals surface area contributed by atoms with Gasteiger partial charge >= 0.3 is 0 Å². The first-order valence-corrected chi connectivity index (χ1v) is 6.77. The van der Waals surface area contributed by atoms with E-state index < -0.39 is 0 Å². The predicted molar refractivity (Wildman–Crippen MR) is 67.4 cm³/mol. The van der Waals surface area contributed by atoms with Gasteiger partial charge in [0.1, 0.15) is 5.75 Å². The Morgan fingerprint density at radius 3 is 2.53 bits per heavy atom. The molecule has 0 aromatic heterocycles. The van der Waals surface area contributed by atoms with Crippen LogP contribution in [0.25, 0.3) is 0 Å². The van der Waals surface area contributed by atoms with Gasteiger partial charge < -0.3 is 19.3 Å². The number of aromatic hydroxyl groups is 1. The van der Waals surface area contributed by atoms with Gasteiger partial charge in [-0.15, -0.1) is 0 Å². The Morgan fingerprint density at radius 2 is 1.79 bits per heavy atom. The summed E-state index contributed by atoms with van der Waals surface area (Å²) in [5.74, 6) is 1.63. The van der Waals surface area contributed by atoms with Crippen LogP contribution in [-0.4, -0.2) is 42.1 Å². The highest BCUT2D eigenvalue weighted by atomic mass is 16.7. The van der Waals surface area contributed by atoms with Gasteiger partial charge in [0, 0.05) is 31.3 Å². The van der Waals surface area contributed by atoms with Crippen molar-refractivity contribution in [3.63, 3.8) is 0 Å². The molecular weight excluding hydrogens is 246 g/mol. The Morgan fingerprint density at radius 1 is 1.11 bits per heavy atom. The van der Waals surface area contributed by atoms with Gasteiger partial charge in [-0.05, 0) is 18.9 Å². The second-order valence-electron chi connectivity index (χ2n) is 5.49. The first kappa shape index (κ1) is 11.4. The van der Waals surface area contributed by atoms with Crippen molar-refractivity contribution in [1.82, 2.24) is 4.90 Å². The smallest absolute Gasteiger partial charge is 0.231 e. The van der Waals surface area contributed by atoms with Crippen LogP contribution in [-0.2, 0) is 11.3 Å². The highest BCUT2D eigenvalue weighted by molar-refractivity contribution is 5.51. The van der Waals surface area contributed by atoms with Gasteiger partial charge in [-0.3, -0.25) is 4.90 Å². The number of likely N-dealkylation sites (tertiary alicyclic amines) is 1. The van der Waals surface area contributed by atoms with Crippen molar-refractivity contribution in [3.05, 3.63) is 17.7 Å². The molecule has 0 aliphatic carbocycles. The number of rotatable bonds is 2. The van der Waals surface area contributed by atoms with Crippen molar-refractivity contribution in [3.8, 4) is 17.2 Å². The minimum absolute atomic E-state index is 0.236. The molecule has 0 amide bonds. The molecule has 1 aromatic rings. The summed E-state index contributed by atoms with van der Waals surface area (Å²) < 4.78 is 16.4. The Bertz CT molecular complexity index is 492. The third-order valence-corrected chi connectivity index (χ3v) is 4.09. The molecule has 0 spiro atoms. The minimum Gasteiger partial charge on any atom is -0.507 e. The van der Waals surface area contributed by atoms with Crippen LogP contribution in [0.4, 0.5) is 0 Å². The van der Waals surface area contributed by atoms with E-state index in [1.807, 2.05) is 6.07 Å². The fourth-order valence-corrected chi connectivity index (χ4v) is 3.17. The average Bonchev–Trinajstić information content (AvgIpc) is 2.96. The molecule has 3 heterocycles. The fraction of sp³-hybridized carbons (Fsp3) is 0.571. The number of nitrogens with zero attached hydrogens (tertiary/aromatic N) is 1. The zero-order valence-corrected chi connectivity index (χ0v) is 10.7. The summed E-state index contributed by atoms with van der Waals surface area (Å²) in [5.41, 5.74) is 0.894. The standard InChI is InChI=1S/C14H17NO4/c16-12-4-14-13(17-8-18-14)3-9(12)5-15-6-10-1-2-11(7-15)19-10/h3-4,10-11,16H,1-2,5-8H2. The van der Waals surface area contributed by atoms with E-state index in [2.05, 4.69) is 4.90 Å². The summed E-state index contributed by atoms with van der Waals surface area (Å²) >= 11 is 0. The number of phenolic OH excluding ortho intramolecular Hbond substituents is 1. The van der Waals surface area contributed by atoms with Gasteiger partial charge in [0.05, 0.1) is 12.2 Å². The molecule has 2 atom stereocenters. The molecule has 1 N–H and O–H groups in total. The van der Waals surface area contributed by atoms with E-state index in [0.29, 0.717) is 18.0 Å². The van der Waals surface area contributed by atoms with Crippen LogP contribution in [0, 0.1) is 0 Å². The molecule has 5 nitrogen and oxygen atoms in total. The van der Waals surface area contributed by atoms with Gasteiger partial charge in [0.25, 0.3) is 0 Å². The topological polar surface area (TPSA) is 51.2 Å². The molecule has 0 radical (unpaired) electrons. The maximum Gasteiger partial charge on any atom is 0.231 e. The molecule has 5 heteroatoms. The van der Waals surface area contributed by atoms with Crippen LogP contribution in [0.3, 0.4) is 0 Å². The maximum atomic E-state index is 10.1. The summed E-state index contributed by atoms with van der Waals surface area (Å²) in [6.45, 7) is 2.87. The summed E-state index contributed by atoms with van der Waals surface area (Å²) in [4.78, 5) is 2.35. The normalized spacial score (nSPS) is 28.8. The van der Waals surface area contributed by atoms with Gasteiger partial charge in [-0.2, -0.15) is 0 Å². The molecule has 2 unspecified atom stereocenters. The number of ether oxygens (including phenoxy) is 3. The van der Waals surface area contributed by atoms with Crippen molar-refractivity contribution in [2.24, 2.45) is 0 Å². The molecule has 1 aromatic carbocycles. The van der Waals surface area contributed by atoms with E-state index >= 15 is 0 Å². The second kappa shape index (κ2) is 4.28. The van der Waals surface area contributed by atoms with Gasteiger partial charge in [0.15, 0.2) is 11.5 Å². The van der Waals surface area contributed by atoms with E-state index in [9.17, 15) is 5.11 Å². The summed E-state index contributed by atoms with van der Waals surface area (Å²) in [7, 11) is 0. The van der Waals surface area contributed by atoms with Crippen LogP contribution in [0.2, 0.25) is 0 Å². The lowest BCUT2D eigenvalue weighted by atomic mass is 10.1. The van der Waals surface area contributed by atoms with E-state index in [-0.39, 0.29) is 12.5 Å². The zero-order valence-electron chi connectivity index (χ0n) is 10.7. The lowest BCUT2D eigenvalue weighted by Gasteiger charge is -2.32. The Labute approximate surface area is 111 Å². The number of phenols is 1. The second-order valence-corrected chi connectivity index (χ2v) is 5.49. The quantitative estimate of drug-likeness (QED) is 0.876. The molecule has 3 aliphatic rings. The SMILES string of the molecule is Oc1cc2c(cc1CN1CC3CCC(C1)O3)OCO2. The van der Waals surface area contributed by atoms with E-state index in [1.165, 1.54) is 0 Å². The molecule has 2 saturated heterocycles. The van der Waals surface area contributed by atoms with Gasteiger partial charge in [-0.1, -0.05) is 0 Å². The molecule has 102 valence electrons. The first-order chi connectivity index (χ1) is 9.28. The first-order valence-electron chi connectivity index (χ1n) is 6.77. The highest BCUT2D eigenvalue weighted by Crippen LogP contribution is 2.38. The van der Waals surface area contributed by atoms with Crippen molar-refractivity contribution in [1.29, 1.82) is 0 Å². The number of benzene rings is 1. The number of morpholine rings is 1. The summed E-state index contributed by atoms with van der Waals surface area (Å²) in [5, 5.41) is 10.1. The lowest BCUT2D eigenvalue weighted by Crippen LogP contribution is -2.41. The van der Waals surface area contributed by atoms with E-state index in [1.54, 1.807) is 6.07 Å². The molecule has 19 heavy (non-hydrogen) atoms. The van der Waals surface area contributed by atoms with Crippen molar-refractivity contribution < 1.29 is 19.3 Å². The third kappa shape index (κ3) is 2.03. The highest BCUT2D eigenvalue weighted by Gasteiger charge is 2.34. The Balaban J connectivity index is 1.53. The van der Waals surface area contributed by atoms with Crippen LogP contribution in [0.5, 0.6) is 17.2 Å². The maximum absolute atomic E-state index is 10.1. The van der Waals surface area contributed by atoms with Crippen LogP contribution < -0.4 is 9.47 Å². The molecule has 0 saturated carbocycles. The van der Waals surface area contributed by atoms with Crippen molar-refractivity contribution in [2.45, 2.75) is 31.6 Å². The monoisotopic (exact) mass is 263 g/mol. The van der Waals surface area contributed by atoms with E-state index in [4.69, 9.17) is 14.2 Å². The predicted octanol–water partition coefficient (Wildman–Crippen LogP) is 1.48. The Hall–Kier alpha value is -1.46. The zero-order chi connectivity index (χ0) is 12.8. The Kier molecular flexibility index (Phi) is 2.56. The molecule has 3 aliphatic heterocycles. The van der Waals surface area contributed by atoms with Crippen molar-refractivity contribution >= 4 is 0 Å². The minimum atomic E-state index is 0.236. The fourth-order valence-electron chi connectivity index (χ4n) is 3.17. The lowest BCUT2D eigenvalue weighted by molar-refractivity contribution is -0.0412. The van der Waals surface area contributed by atoms with E-state index in [0.717, 1.165) is 43.8 Å². The summed E-state index contributed by atoms with van der Waals surface area (Å²) in [6.07, 6.45) is 3.06.